The first kappa shape index (κ1) is 13.1. The van der Waals surface area contributed by atoms with Crippen LogP contribution in [0.5, 0.6) is 5.75 Å². The summed E-state index contributed by atoms with van der Waals surface area (Å²) in [5, 5.41) is 7.89. The van der Waals surface area contributed by atoms with Crippen molar-refractivity contribution in [2.75, 3.05) is 6.61 Å². The highest BCUT2D eigenvalue weighted by atomic mass is 32.2. The number of hydrogen-bond acceptors (Lipinski definition) is 3. The van der Waals surface area contributed by atoms with E-state index in [0.29, 0.717) is 17.4 Å². The van der Waals surface area contributed by atoms with E-state index < -0.39 is 0 Å². The molecule has 0 saturated carbocycles. The first-order valence-electron chi connectivity index (χ1n) is 6.54. The number of benzene rings is 2. The molecule has 102 valence electrons. The van der Waals surface area contributed by atoms with Gasteiger partial charge in [-0.05, 0) is 30.2 Å². The van der Waals surface area contributed by atoms with Gasteiger partial charge < -0.3 is 10.5 Å². The van der Waals surface area contributed by atoms with Crippen LogP contribution in [0.2, 0.25) is 0 Å². The van der Waals surface area contributed by atoms with E-state index in [-0.39, 0.29) is 5.84 Å². The van der Waals surface area contributed by atoms with E-state index in [9.17, 15) is 0 Å². The number of nitrogens with one attached hydrogen (secondary N) is 1. The summed E-state index contributed by atoms with van der Waals surface area (Å²) in [4.78, 5) is 1.36. The molecule has 1 unspecified atom stereocenters. The molecule has 4 heteroatoms. The van der Waals surface area contributed by atoms with E-state index in [4.69, 9.17) is 15.9 Å². The highest BCUT2D eigenvalue weighted by molar-refractivity contribution is 8.00. The molecule has 0 amide bonds. The van der Waals surface area contributed by atoms with Crippen molar-refractivity contribution >= 4 is 17.6 Å². The molecule has 3 nitrogen and oxygen atoms in total. The summed E-state index contributed by atoms with van der Waals surface area (Å²) >= 11 is 1.87. The van der Waals surface area contributed by atoms with Crippen molar-refractivity contribution in [2.45, 2.75) is 16.6 Å². The number of ether oxygens (including phenoxy) is 1. The molecule has 20 heavy (non-hydrogen) atoms. The van der Waals surface area contributed by atoms with Gasteiger partial charge in [0.15, 0.2) is 0 Å². The Balaban J connectivity index is 1.61. The number of nitrogens with two attached hydrogens (primary N) is 1. The van der Waals surface area contributed by atoms with Gasteiger partial charge in [0.1, 0.15) is 18.2 Å². The van der Waals surface area contributed by atoms with E-state index in [2.05, 4.69) is 24.3 Å². The molecule has 2 aromatic rings. The summed E-state index contributed by atoms with van der Waals surface area (Å²) in [6.07, 6.45) is 1.05. The van der Waals surface area contributed by atoms with Crippen LogP contribution in [-0.2, 0) is 6.42 Å². The SMILES string of the molecule is N=C(N)c1cccc(OCC2Cc3ccccc3S2)c1. The molecule has 1 aliphatic rings. The fourth-order valence-corrected chi connectivity index (χ4v) is 3.51. The lowest BCUT2D eigenvalue weighted by molar-refractivity contribution is 0.317. The maximum Gasteiger partial charge on any atom is 0.122 e. The number of fused-ring (bicyclic) bond motifs is 1. The fourth-order valence-electron chi connectivity index (χ4n) is 2.29. The zero-order valence-corrected chi connectivity index (χ0v) is 11.8. The van der Waals surface area contributed by atoms with Crippen molar-refractivity contribution in [3.05, 3.63) is 59.7 Å². The topological polar surface area (TPSA) is 59.1 Å². The highest BCUT2D eigenvalue weighted by Crippen LogP contribution is 2.36. The molecule has 3 N–H and O–H groups in total. The van der Waals surface area contributed by atoms with Gasteiger partial charge in [-0.15, -0.1) is 11.8 Å². The second-order valence-electron chi connectivity index (χ2n) is 4.80. The molecule has 0 aromatic heterocycles. The lowest BCUT2D eigenvalue weighted by atomic mass is 10.1. The fraction of sp³-hybridized carbons (Fsp3) is 0.188. The van der Waals surface area contributed by atoms with Gasteiger partial charge >= 0.3 is 0 Å². The highest BCUT2D eigenvalue weighted by Gasteiger charge is 2.22. The van der Waals surface area contributed by atoms with Crippen molar-refractivity contribution in [2.24, 2.45) is 5.73 Å². The number of amidine groups is 1. The third-order valence-electron chi connectivity index (χ3n) is 3.29. The van der Waals surface area contributed by atoms with E-state index in [0.717, 1.165) is 12.2 Å². The second-order valence-corrected chi connectivity index (χ2v) is 6.15. The van der Waals surface area contributed by atoms with Gasteiger partial charge in [0, 0.05) is 15.7 Å². The monoisotopic (exact) mass is 284 g/mol. The minimum Gasteiger partial charge on any atom is -0.492 e. The van der Waals surface area contributed by atoms with Gasteiger partial charge in [-0.2, -0.15) is 0 Å². The molecule has 1 aliphatic heterocycles. The molecular formula is C16H16N2OS. The minimum atomic E-state index is 0.0677. The molecule has 0 radical (unpaired) electrons. The summed E-state index contributed by atoms with van der Waals surface area (Å²) < 4.78 is 5.84. The normalized spacial score (nSPS) is 16.7. The van der Waals surface area contributed by atoms with E-state index in [1.165, 1.54) is 10.5 Å². The van der Waals surface area contributed by atoms with Gasteiger partial charge in [-0.25, -0.2) is 0 Å². The van der Waals surface area contributed by atoms with Crippen molar-refractivity contribution in [1.82, 2.24) is 0 Å². The maximum atomic E-state index is 7.44. The van der Waals surface area contributed by atoms with Crippen LogP contribution >= 0.6 is 11.8 Å². The Labute approximate surface area is 122 Å². The van der Waals surface area contributed by atoms with Gasteiger partial charge in [-0.3, -0.25) is 5.41 Å². The molecule has 2 aromatic carbocycles. The molecular weight excluding hydrogens is 268 g/mol. The van der Waals surface area contributed by atoms with Crippen molar-refractivity contribution in [3.63, 3.8) is 0 Å². The van der Waals surface area contributed by atoms with Crippen LogP contribution in [0.4, 0.5) is 0 Å². The Morgan fingerprint density at radius 2 is 2.10 bits per heavy atom. The quantitative estimate of drug-likeness (QED) is 0.670. The predicted octanol–water partition coefficient (Wildman–Crippen LogP) is 3.07. The summed E-state index contributed by atoms with van der Waals surface area (Å²) in [5.41, 5.74) is 7.59. The summed E-state index contributed by atoms with van der Waals surface area (Å²) in [7, 11) is 0. The molecule has 0 saturated heterocycles. The van der Waals surface area contributed by atoms with Crippen LogP contribution in [0.25, 0.3) is 0 Å². The average Bonchev–Trinajstić information content (AvgIpc) is 2.88. The first-order chi connectivity index (χ1) is 9.72. The Bertz CT molecular complexity index is 617. The molecule has 0 fully saturated rings. The third kappa shape index (κ3) is 2.80. The number of rotatable bonds is 4. The van der Waals surface area contributed by atoms with Gasteiger partial charge in [0.25, 0.3) is 0 Å². The Morgan fingerprint density at radius 3 is 2.90 bits per heavy atom. The van der Waals surface area contributed by atoms with Gasteiger partial charge in [0.05, 0.1) is 0 Å². The lowest BCUT2D eigenvalue weighted by Gasteiger charge is -2.11. The Kier molecular flexibility index (Phi) is 3.65. The Morgan fingerprint density at radius 1 is 1.25 bits per heavy atom. The minimum absolute atomic E-state index is 0.0677. The zero-order valence-electron chi connectivity index (χ0n) is 11.0. The molecule has 3 rings (SSSR count). The molecule has 0 spiro atoms. The number of hydrogen-bond donors (Lipinski definition) is 2. The smallest absolute Gasteiger partial charge is 0.122 e. The molecule has 1 atom stereocenters. The number of nitrogen functional groups attached to an aromatic ring is 1. The third-order valence-corrected chi connectivity index (χ3v) is 4.58. The van der Waals surface area contributed by atoms with Crippen LogP contribution in [-0.4, -0.2) is 17.7 Å². The average molecular weight is 284 g/mol. The summed E-state index contributed by atoms with van der Waals surface area (Å²) in [6, 6.07) is 15.9. The van der Waals surface area contributed by atoms with E-state index in [1.807, 2.05) is 36.0 Å². The predicted molar refractivity (Wildman–Crippen MR) is 82.7 cm³/mol. The standard InChI is InChI=1S/C16H16N2OS/c17-16(18)12-5-3-6-13(8-12)19-10-14-9-11-4-1-2-7-15(11)20-14/h1-8,14H,9-10H2,(H3,17,18). The largest absolute Gasteiger partial charge is 0.492 e. The van der Waals surface area contributed by atoms with Gasteiger partial charge in [0.2, 0.25) is 0 Å². The van der Waals surface area contributed by atoms with Crippen LogP contribution in [0.15, 0.2) is 53.4 Å². The van der Waals surface area contributed by atoms with E-state index >= 15 is 0 Å². The van der Waals surface area contributed by atoms with Crippen LogP contribution in [0, 0.1) is 5.41 Å². The lowest BCUT2D eigenvalue weighted by Crippen LogP contribution is -2.14. The Hall–Kier alpha value is -1.94. The number of thioether (sulfide) groups is 1. The second kappa shape index (κ2) is 5.59. The van der Waals surface area contributed by atoms with Gasteiger partial charge in [-0.1, -0.05) is 30.3 Å². The summed E-state index contributed by atoms with van der Waals surface area (Å²) in [5.74, 6) is 0.840. The maximum absolute atomic E-state index is 7.44. The van der Waals surface area contributed by atoms with Crippen molar-refractivity contribution in [3.8, 4) is 5.75 Å². The van der Waals surface area contributed by atoms with Crippen LogP contribution < -0.4 is 10.5 Å². The molecule has 0 bridgehead atoms. The molecule has 1 heterocycles. The summed E-state index contributed by atoms with van der Waals surface area (Å²) in [6.45, 7) is 0.667. The molecule has 0 aliphatic carbocycles. The first-order valence-corrected chi connectivity index (χ1v) is 7.42. The zero-order chi connectivity index (χ0) is 13.9. The van der Waals surface area contributed by atoms with Crippen molar-refractivity contribution in [1.29, 1.82) is 5.41 Å². The van der Waals surface area contributed by atoms with Crippen LogP contribution in [0.3, 0.4) is 0 Å². The van der Waals surface area contributed by atoms with Crippen LogP contribution in [0.1, 0.15) is 11.1 Å². The van der Waals surface area contributed by atoms with E-state index in [1.54, 1.807) is 0 Å². The van der Waals surface area contributed by atoms with Crippen molar-refractivity contribution < 1.29 is 4.74 Å².